The standard InChI is InChI=1S/C10H21N.ClH/c1-8-6-9(2)11(5)10(3,4)7-8;/h8-9H,6-7H2,1-5H3;1H. The van der Waals surface area contributed by atoms with Gasteiger partial charge in [-0.15, -0.1) is 12.4 Å². The fourth-order valence-electron chi connectivity index (χ4n) is 2.42. The number of halogens is 1. The van der Waals surface area contributed by atoms with Crippen LogP contribution in [0.4, 0.5) is 0 Å². The van der Waals surface area contributed by atoms with E-state index >= 15 is 0 Å². The zero-order chi connectivity index (χ0) is 8.65. The van der Waals surface area contributed by atoms with E-state index in [0.29, 0.717) is 5.54 Å². The highest BCUT2D eigenvalue weighted by Gasteiger charge is 2.34. The van der Waals surface area contributed by atoms with E-state index in [-0.39, 0.29) is 12.4 Å². The molecule has 0 amide bonds. The third kappa shape index (κ3) is 2.37. The summed E-state index contributed by atoms with van der Waals surface area (Å²) < 4.78 is 0. The van der Waals surface area contributed by atoms with Crippen LogP contribution in [0.15, 0.2) is 0 Å². The topological polar surface area (TPSA) is 3.24 Å². The van der Waals surface area contributed by atoms with E-state index in [1.165, 1.54) is 12.8 Å². The molecule has 1 fully saturated rings. The van der Waals surface area contributed by atoms with Gasteiger partial charge in [-0.1, -0.05) is 6.92 Å². The van der Waals surface area contributed by atoms with Crippen molar-refractivity contribution in [1.29, 1.82) is 0 Å². The van der Waals surface area contributed by atoms with Crippen molar-refractivity contribution < 1.29 is 0 Å². The number of hydrogen-bond acceptors (Lipinski definition) is 1. The van der Waals surface area contributed by atoms with Crippen LogP contribution in [0, 0.1) is 5.92 Å². The molecule has 1 rings (SSSR count). The first-order valence-electron chi connectivity index (χ1n) is 4.66. The van der Waals surface area contributed by atoms with Gasteiger partial charge in [-0.2, -0.15) is 0 Å². The SMILES string of the molecule is CC1CC(C)N(C)C(C)(C)C1.Cl. The van der Waals surface area contributed by atoms with Crippen molar-refractivity contribution in [3.8, 4) is 0 Å². The summed E-state index contributed by atoms with van der Waals surface area (Å²) in [4.78, 5) is 2.51. The second-order valence-corrected chi connectivity index (χ2v) is 4.82. The lowest BCUT2D eigenvalue weighted by Gasteiger charge is -2.47. The Kier molecular flexibility index (Phi) is 4.05. The maximum absolute atomic E-state index is 2.51. The molecule has 0 saturated carbocycles. The Morgan fingerprint density at radius 1 is 1.25 bits per heavy atom. The molecule has 0 aromatic carbocycles. The van der Waals surface area contributed by atoms with Crippen molar-refractivity contribution in [3.63, 3.8) is 0 Å². The zero-order valence-electron chi connectivity index (χ0n) is 8.92. The molecule has 12 heavy (non-hydrogen) atoms. The van der Waals surface area contributed by atoms with Gasteiger partial charge in [0, 0.05) is 11.6 Å². The summed E-state index contributed by atoms with van der Waals surface area (Å²) in [5.41, 5.74) is 0.414. The number of hydrogen-bond donors (Lipinski definition) is 0. The molecule has 0 aromatic rings. The summed E-state index contributed by atoms with van der Waals surface area (Å²) in [6.07, 6.45) is 2.70. The number of nitrogens with zero attached hydrogens (tertiary/aromatic N) is 1. The van der Waals surface area contributed by atoms with E-state index in [1.807, 2.05) is 0 Å². The predicted molar refractivity (Wildman–Crippen MR) is 57.0 cm³/mol. The molecule has 74 valence electrons. The molecule has 2 atom stereocenters. The number of rotatable bonds is 0. The highest BCUT2D eigenvalue weighted by molar-refractivity contribution is 5.85. The van der Waals surface area contributed by atoms with Crippen LogP contribution in [0.25, 0.3) is 0 Å². The Balaban J connectivity index is 0.00000121. The lowest BCUT2D eigenvalue weighted by molar-refractivity contribution is 0.0328. The molecule has 0 N–H and O–H groups in total. The van der Waals surface area contributed by atoms with Crippen LogP contribution >= 0.6 is 12.4 Å². The molecule has 1 aliphatic heterocycles. The molecular formula is C10H22ClN. The quantitative estimate of drug-likeness (QED) is 0.569. The number of piperidine rings is 1. The highest BCUT2D eigenvalue weighted by Crippen LogP contribution is 2.33. The van der Waals surface area contributed by atoms with Crippen molar-refractivity contribution >= 4 is 12.4 Å². The van der Waals surface area contributed by atoms with Gasteiger partial charge >= 0.3 is 0 Å². The molecule has 1 aliphatic rings. The molecule has 0 aliphatic carbocycles. The van der Waals surface area contributed by atoms with Crippen LogP contribution < -0.4 is 0 Å². The van der Waals surface area contributed by atoms with Crippen molar-refractivity contribution in [3.05, 3.63) is 0 Å². The zero-order valence-corrected chi connectivity index (χ0v) is 9.74. The molecule has 0 radical (unpaired) electrons. The largest absolute Gasteiger partial charge is 0.299 e. The fourth-order valence-corrected chi connectivity index (χ4v) is 2.42. The average molecular weight is 192 g/mol. The minimum absolute atomic E-state index is 0. The summed E-state index contributed by atoms with van der Waals surface area (Å²) in [7, 11) is 2.25. The van der Waals surface area contributed by atoms with Gasteiger partial charge in [-0.05, 0) is 46.6 Å². The van der Waals surface area contributed by atoms with Gasteiger partial charge in [-0.3, -0.25) is 4.90 Å². The normalized spacial score (nSPS) is 35.8. The Bertz CT molecular complexity index is 145. The van der Waals surface area contributed by atoms with Crippen molar-refractivity contribution in [2.45, 2.75) is 52.1 Å². The van der Waals surface area contributed by atoms with Gasteiger partial charge in [0.15, 0.2) is 0 Å². The Morgan fingerprint density at radius 2 is 1.75 bits per heavy atom. The first-order chi connectivity index (χ1) is 4.93. The smallest absolute Gasteiger partial charge is 0.0155 e. The summed E-state index contributed by atoms with van der Waals surface area (Å²) in [6, 6.07) is 0.758. The molecule has 0 spiro atoms. The van der Waals surface area contributed by atoms with Gasteiger partial charge < -0.3 is 0 Å². The lowest BCUT2D eigenvalue weighted by Crippen LogP contribution is -2.51. The predicted octanol–water partition coefficient (Wildman–Crippen LogP) is 2.94. The van der Waals surface area contributed by atoms with E-state index in [9.17, 15) is 0 Å². The maximum atomic E-state index is 2.51. The van der Waals surface area contributed by atoms with Gasteiger partial charge in [0.1, 0.15) is 0 Å². The fraction of sp³-hybridized carbons (Fsp3) is 1.00. The van der Waals surface area contributed by atoms with Gasteiger partial charge in [0.2, 0.25) is 0 Å². The molecule has 2 heteroatoms. The average Bonchev–Trinajstić information content (AvgIpc) is 1.81. The molecular weight excluding hydrogens is 170 g/mol. The number of likely N-dealkylation sites (tertiary alicyclic amines) is 1. The van der Waals surface area contributed by atoms with Crippen LogP contribution in [0.5, 0.6) is 0 Å². The van der Waals surface area contributed by atoms with E-state index in [1.54, 1.807) is 0 Å². The van der Waals surface area contributed by atoms with Crippen molar-refractivity contribution in [1.82, 2.24) is 4.90 Å². The highest BCUT2D eigenvalue weighted by atomic mass is 35.5. The second kappa shape index (κ2) is 3.97. The Morgan fingerprint density at radius 3 is 2.17 bits per heavy atom. The summed E-state index contributed by atoms with van der Waals surface area (Å²) in [5, 5.41) is 0. The third-order valence-corrected chi connectivity index (χ3v) is 3.21. The molecule has 1 heterocycles. The van der Waals surface area contributed by atoms with Gasteiger partial charge in [0.05, 0.1) is 0 Å². The van der Waals surface area contributed by atoms with E-state index in [0.717, 1.165) is 12.0 Å². The van der Waals surface area contributed by atoms with E-state index in [2.05, 4.69) is 39.6 Å². The van der Waals surface area contributed by atoms with Crippen molar-refractivity contribution in [2.24, 2.45) is 5.92 Å². The summed E-state index contributed by atoms with van der Waals surface area (Å²) in [5.74, 6) is 0.899. The van der Waals surface area contributed by atoms with Gasteiger partial charge in [0.25, 0.3) is 0 Å². The lowest BCUT2D eigenvalue weighted by atomic mass is 9.81. The second-order valence-electron chi connectivity index (χ2n) is 4.82. The monoisotopic (exact) mass is 191 g/mol. The summed E-state index contributed by atoms with van der Waals surface area (Å²) in [6.45, 7) is 9.39. The first-order valence-corrected chi connectivity index (χ1v) is 4.66. The van der Waals surface area contributed by atoms with Crippen molar-refractivity contribution in [2.75, 3.05) is 7.05 Å². The molecule has 0 bridgehead atoms. The van der Waals surface area contributed by atoms with Gasteiger partial charge in [-0.25, -0.2) is 0 Å². The van der Waals surface area contributed by atoms with Crippen LogP contribution in [0.3, 0.4) is 0 Å². The van der Waals surface area contributed by atoms with E-state index in [4.69, 9.17) is 0 Å². The molecule has 1 saturated heterocycles. The maximum Gasteiger partial charge on any atom is 0.0155 e. The molecule has 0 aromatic heterocycles. The first kappa shape index (κ1) is 12.2. The molecule has 1 nitrogen and oxygen atoms in total. The minimum Gasteiger partial charge on any atom is -0.299 e. The van der Waals surface area contributed by atoms with E-state index < -0.39 is 0 Å². The summed E-state index contributed by atoms with van der Waals surface area (Å²) >= 11 is 0. The Hall–Kier alpha value is 0.250. The third-order valence-electron chi connectivity index (χ3n) is 3.21. The van der Waals surface area contributed by atoms with Crippen LogP contribution in [-0.2, 0) is 0 Å². The Labute approximate surface area is 82.9 Å². The van der Waals surface area contributed by atoms with Crippen LogP contribution in [0.2, 0.25) is 0 Å². The molecule has 2 unspecified atom stereocenters. The van der Waals surface area contributed by atoms with Crippen LogP contribution in [0.1, 0.15) is 40.5 Å². The van der Waals surface area contributed by atoms with Crippen LogP contribution in [-0.4, -0.2) is 23.5 Å². The minimum atomic E-state index is 0.